The Balaban J connectivity index is 1.99. The van der Waals surface area contributed by atoms with Crippen LogP contribution in [0.15, 0.2) is 60.7 Å². The molecule has 0 spiro atoms. The summed E-state index contributed by atoms with van der Waals surface area (Å²) in [5, 5.41) is 12.3. The number of rotatable bonds is 1. The van der Waals surface area contributed by atoms with E-state index in [-0.39, 0.29) is 0 Å². The quantitative estimate of drug-likeness (QED) is 0.700. The van der Waals surface area contributed by atoms with Crippen molar-refractivity contribution in [3.63, 3.8) is 0 Å². The number of para-hydroxylation sites is 1. The molecule has 2 heteroatoms. The molecule has 0 radical (unpaired) electrons. The number of nitrogens with zero attached hydrogens (tertiary/aromatic N) is 1. The van der Waals surface area contributed by atoms with Gasteiger partial charge in [-0.3, -0.25) is 0 Å². The third-order valence-corrected chi connectivity index (χ3v) is 4.29. The number of benzene rings is 3. The predicted molar refractivity (Wildman–Crippen MR) is 87.4 cm³/mol. The van der Waals surface area contributed by atoms with Gasteiger partial charge in [0.15, 0.2) is 0 Å². The van der Waals surface area contributed by atoms with E-state index in [2.05, 4.69) is 48.2 Å². The van der Waals surface area contributed by atoms with Gasteiger partial charge in [0.05, 0.1) is 5.69 Å². The first-order valence-corrected chi connectivity index (χ1v) is 7.33. The molecular formula is C19H17NO. The van der Waals surface area contributed by atoms with Crippen molar-refractivity contribution in [3.05, 3.63) is 66.2 Å². The van der Waals surface area contributed by atoms with Gasteiger partial charge >= 0.3 is 0 Å². The average Bonchev–Trinajstić information content (AvgIpc) is 2.82. The highest BCUT2D eigenvalue weighted by Gasteiger charge is 2.28. The summed E-state index contributed by atoms with van der Waals surface area (Å²) in [6.07, 6.45) is 1.04. The summed E-state index contributed by atoms with van der Waals surface area (Å²) < 4.78 is 0. The monoisotopic (exact) mass is 275 g/mol. The number of anilines is 2. The maximum Gasteiger partial charge on any atom is 0.118 e. The lowest BCUT2D eigenvalue weighted by atomic mass is 10.1. The van der Waals surface area contributed by atoms with Crippen molar-refractivity contribution in [2.45, 2.75) is 19.4 Å². The minimum Gasteiger partial charge on any atom is -0.508 e. The molecule has 1 N–H and O–H groups in total. The van der Waals surface area contributed by atoms with Gasteiger partial charge in [-0.2, -0.15) is 0 Å². The fourth-order valence-electron chi connectivity index (χ4n) is 3.41. The molecule has 3 aromatic rings. The lowest BCUT2D eigenvalue weighted by Gasteiger charge is -2.26. The van der Waals surface area contributed by atoms with Gasteiger partial charge in [-0.25, -0.2) is 0 Å². The fourth-order valence-corrected chi connectivity index (χ4v) is 3.41. The molecule has 0 aromatic heterocycles. The van der Waals surface area contributed by atoms with Crippen LogP contribution < -0.4 is 4.90 Å². The number of aromatic hydroxyl groups is 1. The van der Waals surface area contributed by atoms with E-state index in [0.717, 1.165) is 17.5 Å². The highest BCUT2D eigenvalue weighted by atomic mass is 16.3. The van der Waals surface area contributed by atoms with Crippen molar-refractivity contribution in [3.8, 4) is 5.75 Å². The summed E-state index contributed by atoms with van der Waals surface area (Å²) in [6, 6.07) is 20.9. The van der Waals surface area contributed by atoms with E-state index in [1.807, 2.05) is 24.3 Å². The Morgan fingerprint density at radius 3 is 2.62 bits per heavy atom. The molecule has 0 saturated carbocycles. The van der Waals surface area contributed by atoms with Gasteiger partial charge in [0.25, 0.3) is 0 Å². The van der Waals surface area contributed by atoms with Gasteiger partial charge in [0.2, 0.25) is 0 Å². The van der Waals surface area contributed by atoms with E-state index in [0.29, 0.717) is 11.8 Å². The van der Waals surface area contributed by atoms with Crippen molar-refractivity contribution in [2.75, 3.05) is 4.90 Å². The summed E-state index contributed by atoms with van der Waals surface area (Å²) in [5.74, 6) is 0.320. The molecule has 0 amide bonds. The minimum absolute atomic E-state index is 0.320. The SMILES string of the molecule is CC1Cc2ccccc2N1c1cc(O)cc2ccccc12. The van der Waals surface area contributed by atoms with Crippen LogP contribution in [0.5, 0.6) is 5.75 Å². The van der Waals surface area contributed by atoms with E-state index in [1.165, 1.54) is 16.6 Å². The van der Waals surface area contributed by atoms with Crippen LogP contribution in [0.3, 0.4) is 0 Å². The second kappa shape index (κ2) is 4.52. The number of hydrogen-bond acceptors (Lipinski definition) is 2. The first kappa shape index (κ1) is 12.3. The molecule has 104 valence electrons. The molecule has 1 aliphatic rings. The molecule has 2 nitrogen and oxygen atoms in total. The number of phenols is 1. The van der Waals surface area contributed by atoms with Crippen molar-refractivity contribution in [1.82, 2.24) is 0 Å². The summed E-state index contributed by atoms with van der Waals surface area (Å²) in [6.45, 7) is 2.23. The highest BCUT2D eigenvalue weighted by Crippen LogP contribution is 2.42. The van der Waals surface area contributed by atoms with Crippen LogP contribution in [0.2, 0.25) is 0 Å². The number of phenolic OH excluding ortho intramolecular Hbond substituents is 1. The summed E-state index contributed by atoms with van der Waals surface area (Å²) >= 11 is 0. The predicted octanol–water partition coefficient (Wildman–Crippen LogP) is 4.63. The Hall–Kier alpha value is -2.48. The van der Waals surface area contributed by atoms with Gasteiger partial charge in [0.1, 0.15) is 5.75 Å². The Morgan fingerprint density at radius 2 is 1.71 bits per heavy atom. The largest absolute Gasteiger partial charge is 0.508 e. The Morgan fingerprint density at radius 1 is 0.952 bits per heavy atom. The maximum absolute atomic E-state index is 10.1. The first-order valence-electron chi connectivity index (χ1n) is 7.33. The topological polar surface area (TPSA) is 23.5 Å². The summed E-state index contributed by atoms with van der Waals surface area (Å²) in [4.78, 5) is 2.34. The van der Waals surface area contributed by atoms with E-state index in [9.17, 15) is 5.11 Å². The molecule has 21 heavy (non-hydrogen) atoms. The summed E-state index contributed by atoms with van der Waals surface area (Å²) in [5.41, 5.74) is 3.71. The van der Waals surface area contributed by atoms with Crippen molar-refractivity contribution in [2.24, 2.45) is 0 Å². The van der Waals surface area contributed by atoms with E-state index in [4.69, 9.17) is 0 Å². The molecule has 1 unspecified atom stereocenters. The highest BCUT2D eigenvalue weighted by molar-refractivity contribution is 5.98. The fraction of sp³-hybridized carbons (Fsp3) is 0.158. The van der Waals surface area contributed by atoms with Crippen LogP contribution >= 0.6 is 0 Å². The normalized spacial score (nSPS) is 17.2. The molecule has 3 aromatic carbocycles. The Bertz CT molecular complexity index is 825. The van der Waals surface area contributed by atoms with Gasteiger partial charge in [-0.1, -0.05) is 42.5 Å². The summed E-state index contributed by atoms with van der Waals surface area (Å²) in [7, 11) is 0. The van der Waals surface area contributed by atoms with Crippen LogP contribution in [-0.4, -0.2) is 11.1 Å². The smallest absolute Gasteiger partial charge is 0.118 e. The zero-order chi connectivity index (χ0) is 14.4. The van der Waals surface area contributed by atoms with E-state index >= 15 is 0 Å². The van der Waals surface area contributed by atoms with Crippen LogP contribution in [0.4, 0.5) is 11.4 Å². The molecule has 0 bridgehead atoms. The van der Waals surface area contributed by atoms with Crippen molar-refractivity contribution in [1.29, 1.82) is 0 Å². The van der Waals surface area contributed by atoms with Crippen LogP contribution in [0.1, 0.15) is 12.5 Å². The van der Waals surface area contributed by atoms with E-state index in [1.54, 1.807) is 0 Å². The zero-order valence-corrected chi connectivity index (χ0v) is 12.0. The Labute approximate surface area is 124 Å². The third kappa shape index (κ3) is 1.87. The average molecular weight is 275 g/mol. The number of hydrogen-bond donors (Lipinski definition) is 1. The minimum atomic E-state index is 0.320. The molecule has 4 rings (SSSR count). The van der Waals surface area contributed by atoms with Gasteiger partial charge in [0, 0.05) is 23.2 Å². The second-order valence-corrected chi connectivity index (χ2v) is 5.74. The molecular weight excluding hydrogens is 258 g/mol. The number of fused-ring (bicyclic) bond motifs is 2. The lowest BCUT2D eigenvalue weighted by molar-refractivity contribution is 0.476. The second-order valence-electron chi connectivity index (χ2n) is 5.74. The van der Waals surface area contributed by atoms with Crippen molar-refractivity contribution >= 4 is 22.1 Å². The van der Waals surface area contributed by atoms with E-state index < -0.39 is 0 Å². The van der Waals surface area contributed by atoms with Crippen LogP contribution in [0.25, 0.3) is 10.8 Å². The lowest BCUT2D eigenvalue weighted by Crippen LogP contribution is -2.24. The molecule has 0 saturated heterocycles. The van der Waals surface area contributed by atoms with Crippen LogP contribution in [-0.2, 0) is 6.42 Å². The first-order chi connectivity index (χ1) is 10.2. The van der Waals surface area contributed by atoms with Crippen LogP contribution in [0, 0.1) is 0 Å². The van der Waals surface area contributed by atoms with Gasteiger partial charge < -0.3 is 10.0 Å². The molecule has 1 atom stereocenters. The standard InChI is InChI=1S/C19H17NO/c1-13-10-15-7-3-5-9-18(15)20(13)19-12-16(21)11-14-6-2-4-8-17(14)19/h2-9,11-13,21H,10H2,1H3. The molecule has 0 fully saturated rings. The molecule has 1 heterocycles. The zero-order valence-electron chi connectivity index (χ0n) is 12.0. The molecule has 1 aliphatic heterocycles. The van der Waals surface area contributed by atoms with Gasteiger partial charge in [-0.15, -0.1) is 0 Å². The Kier molecular flexibility index (Phi) is 2.64. The molecule has 0 aliphatic carbocycles. The maximum atomic E-state index is 10.1. The van der Waals surface area contributed by atoms with Crippen molar-refractivity contribution < 1.29 is 5.11 Å². The van der Waals surface area contributed by atoms with Gasteiger partial charge in [-0.05, 0) is 36.4 Å². The third-order valence-electron chi connectivity index (χ3n) is 4.29.